The van der Waals surface area contributed by atoms with Crippen LogP contribution in [-0.4, -0.2) is 36.7 Å². The number of amides is 2. The number of rotatable bonds is 4. The summed E-state index contributed by atoms with van der Waals surface area (Å²) in [5.74, 6) is -1.16. The monoisotopic (exact) mass is 472 g/mol. The lowest BCUT2D eigenvalue weighted by Crippen LogP contribution is -2.48. The number of hydrogen-bond donors (Lipinski definition) is 4. The van der Waals surface area contributed by atoms with Gasteiger partial charge in [-0.15, -0.1) is 10.2 Å². The highest BCUT2D eigenvalue weighted by molar-refractivity contribution is 7.80. The first-order valence-electron chi connectivity index (χ1n) is 10.1. The molecule has 2 aromatic carbocycles. The number of nitrogen functional groups attached to an aromatic ring is 1. The van der Waals surface area contributed by atoms with Gasteiger partial charge in [-0.05, 0) is 30.8 Å². The van der Waals surface area contributed by atoms with E-state index in [-0.39, 0.29) is 16.6 Å². The Morgan fingerprint density at radius 3 is 2.50 bits per heavy atom. The van der Waals surface area contributed by atoms with Gasteiger partial charge in [0.05, 0.1) is 5.69 Å². The summed E-state index contributed by atoms with van der Waals surface area (Å²) < 4.78 is 1.33. The summed E-state index contributed by atoms with van der Waals surface area (Å²) in [5, 5.41) is 14.6. The molecule has 5 N–H and O–H groups in total. The third-order valence-electron chi connectivity index (χ3n) is 4.73. The molecule has 4 rings (SSSR count). The van der Waals surface area contributed by atoms with Gasteiger partial charge >= 0.3 is 0 Å². The zero-order valence-corrected chi connectivity index (χ0v) is 18.8. The molecule has 2 aromatic heterocycles. The largest absolute Gasteiger partial charge is 0.382 e. The molecule has 4 aromatic rings. The summed E-state index contributed by atoms with van der Waals surface area (Å²) >= 11 is 5.04. The Labute approximate surface area is 199 Å². The summed E-state index contributed by atoms with van der Waals surface area (Å²) in [7, 11) is 0. The number of nitrogens with two attached hydrogens (primary N) is 1. The van der Waals surface area contributed by atoms with E-state index in [9.17, 15) is 9.59 Å². The van der Waals surface area contributed by atoms with Crippen LogP contribution < -0.4 is 21.9 Å². The summed E-state index contributed by atoms with van der Waals surface area (Å²) in [6.45, 7) is 1.98. The number of aromatic nitrogens is 4. The normalized spacial score (nSPS) is 10.9. The van der Waals surface area contributed by atoms with E-state index in [1.807, 2.05) is 61.5 Å². The third-order valence-corrected chi connectivity index (χ3v) is 4.93. The quantitative estimate of drug-likeness (QED) is 0.201. The molecule has 0 aliphatic carbocycles. The molecule has 0 radical (unpaired) electrons. The summed E-state index contributed by atoms with van der Waals surface area (Å²) in [6, 6.07) is 18.8. The number of anilines is 1. The molecule has 0 aliphatic heterocycles. The van der Waals surface area contributed by atoms with Crippen molar-refractivity contribution in [2.75, 3.05) is 5.73 Å². The van der Waals surface area contributed by atoms with Gasteiger partial charge in [-0.2, -0.15) is 9.61 Å². The molecule has 0 saturated carbocycles. The fraction of sp³-hybridized carbons (Fsp3) is 0.0435. The smallest absolute Gasteiger partial charge is 0.294 e. The van der Waals surface area contributed by atoms with Crippen LogP contribution in [0.1, 0.15) is 21.6 Å². The number of hydrazine groups is 1. The molecule has 170 valence electrons. The van der Waals surface area contributed by atoms with Crippen molar-refractivity contribution in [2.45, 2.75) is 6.92 Å². The lowest BCUT2D eigenvalue weighted by molar-refractivity contribution is -0.115. The minimum absolute atomic E-state index is 0.00228. The molecule has 0 aliphatic rings. The number of benzene rings is 2. The van der Waals surface area contributed by atoms with Crippen LogP contribution in [0, 0.1) is 6.92 Å². The average molecular weight is 473 g/mol. The van der Waals surface area contributed by atoms with Crippen LogP contribution in [0.4, 0.5) is 5.82 Å². The second-order valence-electron chi connectivity index (χ2n) is 7.24. The highest BCUT2D eigenvalue weighted by atomic mass is 32.1. The van der Waals surface area contributed by atoms with Crippen LogP contribution in [0.5, 0.6) is 0 Å². The van der Waals surface area contributed by atoms with E-state index in [1.165, 1.54) is 10.6 Å². The maximum atomic E-state index is 12.5. The van der Waals surface area contributed by atoms with Crippen molar-refractivity contribution < 1.29 is 9.59 Å². The number of thiocarbonyl (C=S) groups is 1. The predicted octanol–water partition coefficient (Wildman–Crippen LogP) is 2.03. The molecule has 2 heterocycles. The summed E-state index contributed by atoms with van der Waals surface area (Å²) in [6.07, 6.45) is 2.98. The number of nitrogens with zero attached hydrogens (tertiary/aromatic N) is 4. The van der Waals surface area contributed by atoms with Crippen LogP contribution in [0.25, 0.3) is 23.0 Å². The van der Waals surface area contributed by atoms with Crippen molar-refractivity contribution in [2.24, 2.45) is 0 Å². The van der Waals surface area contributed by atoms with E-state index in [4.69, 9.17) is 18.0 Å². The van der Waals surface area contributed by atoms with E-state index in [0.717, 1.165) is 16.7 Å². The van der Waals surface area contributed by atoms with Gasteiger partial charge < -0.3 is 5.73 Å². The van der Waals surface area contributed by atoms with E-state index in [2.05, 4.69) is 31.5 Å². The Kier molecular flexibility index (Phi) is 6.55. The molecule has 2 amide bonds. The first-order valence-corrected chi connectivity index (χ1v) is 10.5. The lowest BCUT2D eigenvalue weighted by Gasteiger charge is -2.10. The van der Waals surface area contributed by atoms with Gasteiger partial charge in [0.15, 0.2) is 22.3 Å². The lowest BCUT2D eigenvalue weighted by atomic mass is 10.1. The minimum Gasteiger partial charge on any atom is -0.382 e. The molecule has 0 fully saturated rings. The standard InChI is InChI=1S/C23H20N8O2S/c1-14-7-9-15(10-8-14)11-12-19(32)25-23(34)29-28-22(33)20-21(24)31-18(26-27-20)13-17(30-31)16-5-3-2-4-6-16/h2-13H,24H2,1H3,(H,28,33)(H2,25,29,32,34)/b12-11+. The molecule has 10 nitrogen and oxygen atoms in total. The van der Waals surface area contributed by atoms with Crippen LogP contribution in [0.3, 0.4) is 0 Å². The zero-order chi connectivity index (χ0) is 24.1. The number of aryl methyl sites for hydroxylation is 1. The Hall–Kier alpha value is -4.64. The Balaban J connectivity index is 1.37. The summed E-state index contributed by atoms with van der Waals surface area (Å²) in [5.41, 5.74) is 14.6. The van der Waals surface area contributed by atoms with Crippen LogP contribution in [-0.2, 0) is 4.79 Å². The Bertz CT molecular complexity index is 1400. The van der Waals surface area contributed by atoms with Crippen molar-refractivity contribution in [1.82, 2.24) is 36.0 Å². The molecule has 34 heavy (non-hydrogen) atoms. The van der Waals surface area contributed by atoms with E-state index < -0.39 is 11.8 Å². The van der Waals surface area contributed by atoms with Gasteiger partial charge in [-0.3, -0.25) is 25.8 Å². The highest BCUT2D eigenvalue weighted by Crippen LogP contribution is 2.20. The van der Waals surface area contributed by atoms with Gasteiger partial charge in [-0.1, -0.05) is 60.2 Å². The van der Waals surface area contributed by atoms with E-state index in [0.29, 0.717) is 11.3 Å². The number of nitrogens with one attached hydrogen (secondary N) is 3. The fourth-order valence-corrected chi connectivity index (χ4v) is 3.14. The molecule has 0 unspecified atom stereocenters. The van der Waals surface area contributed by atoms with Crippen LogP contribution >= 0.6 is 12.2 Å². The van der Waals surface area contributed by atoms with Crippen LogP contribution in [0.15, 0.2) is 66.7 Å². The van der Waals surface area contributed by atoms with Crippen molar-refractivity contribution in [3.05, 3.63) is 83.6 Å². The molecule has 0 spiro atoms. The van der Waals surface area contributed by atoms with E-state index >= 15 is 0 Å². The highest BCUT2D eigenvalue weighted by Gasteiger charge is 2.18. The van der Waals surface area contributed by atoms with Gasteiger partial charge in [0.25, 0.3) is 5.91 Å². The number of hydrogen-bond acceptors (Lipinski definition) is 7. The van der Waals surface area contributed by atoms with Crippen molar-refractivity contribution in [3.8, 4) is 11.3 Å². The molecule has 0 bridgehead atoms. The van der Waals surface area contributed by atoms with Gasteiger partial charge in [-0.25, -0.2) is 0 Å². The third kappa shape index (κ3) is 5.22. The van der Waals surface area contributed by atoms with Gasteiger partial charge in [0.1, 0.15) is 0 Å². The molecular weight excluding hydrogens is 452 g/mol. The SMILES string of the molecule is Cc1ccc(/C=C/C(=O)NC(=S)NNC(=O)c2nnc3cc(-c4ccccc4)nn3c2N)cc1. The fourth-order valence-electron chi connectivity index (χ4n) is 2.99. The first kappa shape index (κ1) is 22.6. The molecule has 0 atom stereocenters. The second kappa shape index (κ2) is 9.88. The minimum atomic E-state index is -0.699. The maximum Gasteiger partial charge on any atom is 0.294 e. The maximum absolute atomic E-state index is 12.5. The first-order chi connectivity index (χ1) is 16.4. The van der Waals surface area contributed by atoms with Crippen LogP contribution in [0.2, 0.25) is 0 Å². The number of carbonyl (C=O) groups is 2. The topological polar surface area (TPSA) is 139 Å². The second-order valence-corrected chi connectivity index (χ2v) is 7.65. The Morgan fingerprint density at radius 2 is 1.76 bits per heavy atom. The van der Waals surface area contributed by atoms with Gasteiger partial charge in [0, 0.05) is 17.7 Å². The molecular formula is C23H20N8O2S. The van der Waals surface area contributed by atoms with Crippen molar-refractivity contribution >= 4 is 46.7 Å². The average Bonchev–Trinajstić information content (AvgIpc) is 3.28. The van der Waals surface area contributed by atoms with E-state index in [1.54, 1.807) is 12.1 Å². The van der Waals surface area contributed by atoms with Crippen molar-refractivity contribution in [1.29, 1.82) is 0 Å². The summed E-state index contributed by atoms with van der Waals surface area (Å²) in [4.78, 5) is 24.6. The van der Waals surface area contributed by atoms with Gasteiger partial charge in [0.2, 0.25) is 5.91 Å². The predicted molar refractivity (Wildman–Crippen MR) is 132 cm³/mol. The zero-order valence-electron chi connectivity index (χ0n) is 18.0. The number of fused-ring (bicyclic) bond motifs is 1. The Morgan fingerprint density at radius 1 is 1.03 bits per heavy atom. The molecule has 0 saturated heterocycles. The molecule has 11 heteroatoms. The van der Waals surface area contributed by atoms with Crippen molar-refractivity contribution in [3.63, 3.8) is 0 Å². The number of carbonyl (C=O) groups excluding carboxylic acids is 2.